The molecule has 0 bridgehead atoms. The highest BCUT2D eigenvalue weighted by Gasteiger charge is 2.18. The Morgan fingerprint density at radius 2 is 2.46 bits per heavy atom. The lowest BCUT2D eigenvalue weighted by Gasteiger charge is -2.05. The minimum absolute atomic E-state index is 0.477. The molecule has 0 unspecified atom stereocenters. The van der Waals surface area contributed by atoms with Crippen LogP contribution in [0, 0.1) is 0 Å². The van der Waals surface area contributed by atoms with E-state index in [0.29, 0.717) is 6.04 Å². The van der Waals surface area contributed by atoms with Gasteiger partial charge in [0.2, 0.25) is 0 Å². The number of hydrogen-bond acceptors (Lipinski definition) is 2. The highest BCUT2D eigenvalue weighted by atomic mass is 16.3. The number of furan rings is 1. The molecule has 1 saturated heterocycles. The second-order valence-electron chi connectivity index (χ2n) is 3.70. The van der Waals surface area contributed by atoms with Crippen molar-refractivity contribution in [3.05, 3.63) is 23.7 Å². The number of aryl methyl sites for hydroxylation is 1. The van der Waals surface area contributed by atoms with Gasteiger partial charge in [0.05, 0.1) is 6.04 Å². The Labute approximate surface area is 79.3 Å². The van der Waals surface area contributed by atoms with Crippen LogP contribution in [0.1, 0.15) is 43.7 Å². The Morgan fingerprint density at radius 1 is 1.54 bits per heavy atom. The minimum atomic E-state index is 0.477. The van der Waals surface area contributed by atoms with Gasteiger partial charge in [0.15, 0.2) is 0 Å². The fraction of sp³-hybridized carbons (Fsp3) is 0.636. The second kappa shape index (κ2) is 3.97. The van der Waals surface area contributed by atoms with E-state index in [1.165, 1.54) is 12.8 Å². The van der Waals surface area contributed by atoms with Crippen molar-refractivity contribution in [2.24, 2.45) is 0 Å². The SMILES string of the molecule is CCCc1ccc([C@H]2CCCN2)o1. The van der Waals surface area contributed by atoms with E-state index in [2.05, 4.69) is 24.4 Å². The van der Waals surface area contributed by atoms with Gasteiger partial charge in [0.25, 0.3) is 0 Å². The molecule has 0 spiro atoms. The van der Waals surface area contributed by atoms with E-state index in [4.69, 9.17) is 4.42 Å². The quantitative estimate of drug-likeness (QED) is 0.771. The van der Waals surface area contributed by atoms with Crippen LogP contribution in [0.25, 0.3) is 0 Å². The first-order valence-corrected chi connectivity index (χ1v) is 5.22. The summed E-state index contributed by atoms with van der Waals surface area (Å²) in [7, 11) is 0. The van der Waals surface area contributed by atoms with Crippen LogP contribution < -0.4 is 5.32 Å². The summed E-state index contributed by atoms with van der Waals surface area (Å²) in [6.45, 7) is 3.31. The lowest BCUT2D eigenvalue weighted by atomic mass is 10.2. The van der Waals surface area contributed by atoms with Crippen molar-refractivity contribution in [1.29, 1.82) is 0 Å². The molecule has 2 nitrogen and oxygen atoms in total. The topological polar surface area (TPSA) is 25.2 Å². The smallest absolute Gasteiger partial charge is 0.121 e. The average molecular weight is 179 g/mol. The van der Waals surface area contributed by atoms with Crippen LogP contribution >= 0.6 is 0 Å². The number of nitrogens with one attached hydrogen (secondary N) is 1. The number of hydrogen-bond donors (Lipinski definition) is 1. The van der Waals surface area contributed by atoms with E-state index in [-0.39, 0.29) is 0 Å². The maximum atomic E-state index is 5.75. The van der Waals surface area contributed by atoms with E-state index in [1.807, 2.05) is 0 Å². The molecule has 2 heterocycles. The molecular weight excluding hydrogens is 162 g/mol. The number of rotatable bonds is 3. The van der Waals surface area contributed by atoms with Gasteiger partial charge in [-0.1, -0.05) is 6.92 Å². The summed E-state index contributed by atoms with van der Waals surface area (Å²) in [5, 5.41) is 3.43. The van der Waals surface area contributed by atoms with Gasteiger partial charge in [-0.05, 0) is 37.9 Å². The maximum absolute atomic E-state index is 5.75. The zero-order chi connectivity index (χ0) is 9.10. The van der Waals surface area contributed by atoms with Crippen molar-refractivity contribution in [1.82, 2.24) is 5.32 Å². The molecule has 1 aromatic heterocycles. The molecular formula is C11H17NO. The summed E-state index contributed by atoms with van der Waals surface area (Å²) in [6, 6.07) is 4.71. The van der Waals surface area contributed by atoms with Crippen LogP contribution in [0.2, 0.25) is 0 Å². The first-order valence-electron chi connectivity index (χ1n) is 5.22. The third-order valence-electron chi connectivity index (χ3n) is 2.58. The first-order chi connectivity index (χ1) is 6.40. The predicted molar refractivity (Wildman–Crippen MR) is 52.7 cm³/mol. The van der Waals surface area contributed by atoms with Crippen molar-refractivity contribution in [3.63, 3.8) is 0 Å². The molecule has 0 radical (unpaired) electrons. The van der Waals surface area contributed by atoms with E-state index in [9.17, 15) is 0 Å². The lowest BCUT2D eigenvalue weighted by molar-refractivity contribution is 0.415. The normalized spacial score (nSPS) is 22.4. The van der Waals surface area contributed by atoms with E-state index in [0.717, 1.165) is 30.9 Å². The summed E-state index contributed by atoms with van der Waals surface area (Å²) in [5.74, 6) is 2.26. The Morgan fingerprint density at radius 3 is 3.15 bits per heavy atom. The molecule has 0 aliphatic carbocycles. The van der Waals surface area contributed by atoms with E-state index >= 15 is 0 Å². The van der Waals surface area contributed by atoms with Crippen LogP contribution in [0.15, 0.2) is 16.5 Å². The fourth-order valence-corrected chi connectivity index (χ4v) is 1.89. The molecule has 72 valence electrons. The summed E-state index contributed by atoms with van der Waals surface area (Å²) in [4.78, 5) is 0. The molecule has 2 heteroatoms. The molecule has 1 N–H and O–H groups in total. The highest BCUT2D eigenvalue weighted by Crippen LogP contribution is 2.24. The fourth-order valence-electron chi connectivity index (χ4n) is 1.89. The molecule has 1 aliphatic heterocycles. The Hall–Kier alpha value is -0.760. The molecule has 1 aliphatic rings. The molecule has 13 heavy (non-hydrogen) atoms. The summed E-state index contributed by atoms with van der Waals surface area (Å²) < 4.78 is 5.75. The van der Waals surface area contributed by atoms with Gasteiger partial charge in [-0.25, -0.2) is 0 Å². The Bertz CT molecular complexity index is 261. The molecule has 2 rings (SSSR count). The predicted octanol–water partition coefficient (Wildman–Crippen LogP) is 2.66. The molecule has 0 amide bonds. The van der Waals surface area contributed by atoms with Gasteiger partial charge < -0.3 is 9.73 Å². The van der Waals surface area contributed by atoms with Crippen LogP contribution in [0.3, 0.4) is 0 Å². The summed E-state index contributed by atoms with van der Waals surface area (Å²) in [6.07, 6.45) is 4.71. The summed E-state index contributed by atoms with van der Waals surface area (Å²) >= 11 is 0. The van der Waals surface area contributed by atoms with Crippen LogP contribution in [0.4, 0.5) is 0 Å². The van der Waals surface area contributed by atoms with Gasteiger partial charge in [0, 0.05) is 6.42 Å². The van der Waals surface area contributed by atoms with Gasteiger partial charge in [-0.15, -0.1) is 0 Å². The van der Waals surface area contributed by atoms with Crippen molar-refractivity contribution >= 4 is 0 Å². The maximum Gasteiger partial charge on any atom is 0.121 e. The van der Waals surface area contributed by atoms with Gasteiger partial charge in [0.1, 0.15) is 11.5 Å². The molecule has 1 fully saturated rings. The van der Waals surface area contributed by atoms with Gasteiger partial charge in [-0.3, -0.25) is 0 Å². The zero-order valence-corrected chi connectivity index (χ0v) is 8.18. The second-order valence-corrected chi connectivity index (χ2v) is 3.70. The monoisotopic (exact) mass is 179 g/mol. The Kier molecular flexibility index (Phi) is 2.69. The summed E-state index contributed by atoms with van der Waals surface area (Å²) in [5.41, 5.74) is 0. The molecule has 1 atom stereocenters. The van der Waals surface area contributed by atoms with Crippen molar-refractivity contribution in [2.75, 3.05) is 6.54 Å². The zero-order valence-electron chi connectivity index (χ0n) is 8.18. The van der Waals surface area contributed by atoms with E-state index < -0.39 is 0 Å². The standard InChI is InChI=1S/C11H17NO/c1-2-4-9-6-7-11(13-9)10-5-3-8-12-10/h6-7,10,12H,2-5,8H2,1H3/t10-/m1/s1. The van der Waals surface area contributed by atoms with Crippen molar-refractivity contribution in [3.8, 4) is 0 Å². The van der Waals surface area contributed by atoms with Crippen molar-refractivity contribution in [2.45, 2.75) is 38.6 Å². The average Bonchev–Trinajstić information content (AvgIpc) is 2.70. The van der Waals surface area contributed by atoms with Gasteiger partial charge >= 0.3 is 0 Å². The first kappa shape index (κ1) is 8.82. The van der Waals surface area contributed by atoms with Crippen molar-refractivity contribution < 1.29 is 4.42 Å². The largest absolute Gasteiger partial charge is 0.464 e. The minimum Gasteiger partial charge on any atom is -0.464 e. The van der Waals surface area contributed by atoms with Crippen LogP contribution in [-0.2, 0) is 6.42 Å². The molecule has 0 saturated carbocycles. The Balaban J connectivity index is 2.03. The van der Waals surface area contributed by atoms with Crippen LogP contribution in [-0.4, -0.2) is 6.54 Å². The van der Waals surface area contributed by atoms with E-state index in [1.54, 1.807) is 0 Å². The third kappa shape index (κ3) is 1.94. The van der Waals surface area contributed by atoms with Gasteiger partial charge in [-0.2, -0.15) is 0 Å². The third-order valence-corrected chi connectivity index (χ3v) is 2.58. The highest BCUT2D eigenvalue weighted by molar-refractivity contribution is 5.11. The van der Waals surface area contributed by atoms with Crippen LogP contribution in [0.5, 0.6) is 0 Å². The lowest BCUT2D eigenvalue weighted by Crippen LogP contribution is -2.11. The molecule has 0 aromatic carbocycles. The molecule has 1 aromatic rings.